The Morgan fingerprint density at radius 3 is 2.53 bits per heavy atom. The van der Waals surface area contributed by atoms with E-state index in [1.54, 1.807) is 6.92 Å². The Morgan fingerprint density at radius 1 is 1.53 bits per heavy atom. The minimum Gasteiger partial charge on any atom is -0.309 e. The molecular weight excluding hydrogens is 202 g/mol. The number of amides is 3. The van der Waals surface area contributed by atoms with Crippen molar-refractivity contribution in [2.24, 2.45) is 0 Å². The normalized spacial score (nSPS) is 18.3. The molecule has 0 bridgehead atoms. The van der Waals surface area contributed by atoms with Gasteiger partial charge in [0.15, 0.2) is 0 Å². The first kappa shape index (κ1) is 11.2. The van der Waals surface area contributed by atoms with Crippen LogP contribution in [0, 0.1) is 10.1 Å². The Hall–Kier alpha value is -1.92. The molecule has 0 saturated carbocycles. The maximum atomic E-state index is 11.3. The lowest BCUT2D eigenvalue weighted by Crippen LogP contribution is -2.44. The van der Waals surface area contributed by atoms with Gasteiger partial charge in [-0.2, -0.15) is 5.32 Å². The molecule has 81 valence electrons. The molecule has 1 rings (SSSR count). The summed E-state index contributed by atoms with van der Waals surface area (Å²) in [7, 11) is 0. The number of nitrogens with zero attached hydrogens (tertiary/aromatic N) is 2. The molecule has 0 aromatic carbocycles. The number of nitro groups is 1. The van der Waals surface area contributed by atoms with Gasteiger partial charge >= 0.3 is 6.03 Å². The van der Waals surface area contributed by atoms with Gasteiger partial charge < -0.3 is 5.32 Å². The zero-order valence-electron chi connectivity index (χ0n) is 8.31. The minimum absolute atomic E-state index is 0.0397. The molecule has 0 spiro atoms. The van der Waals surface area contributed by atoms with E-state index in [1.165, 1.54) is 6.92 Å². The van der Waals surface area contributed by atoms with Crippen LogP contribution in [0.1, 0.15) is 20.3 Å². The number of rotatable bonds is 3. The Bertz CT molecular complexity index is 361. The number of hydrogen-bond acceptors (Lipinski definition) is 4. The van der Waals surface area contributed by atoms with E-state index in [1.807, 2.05) is 0 Å². The van der Waals surface area contributed by atoms with Gasteiger partial charge in [-0.25, -0.2) is 4.79 Å². The third kappa shape index (κ3) is 2.12. The van der Waals surface area contributed by atoms with Gasteiger partial charge in [0.1, 0.15) is 5.57 Å². The quantitative estimate of drug-likeness (QED) is 0.531. The third-order valence-electron chi connectivity index (χ3n) is 2.11. The van der Waals surface area contributed by atoms with Crippen molar-refractivity contribution in [2.75, 3.05) is 0 Å². The van der Waals surface area contributed by atoms with Crippen LogP contribution in [0.3, 0.4) is 0 Å². The molecule has 1 unspecified atom stereocenters. The number of carbonyl (C=O) groups is 2. The van der Waals surface area contributed by atoms with Gasteiger partial charge in [0, 0.05) is 17.0 Å². The summed E-state index contributed by atoms with van der Waals surface area (Å²) in [6.45, 7) is 3.05. The van der Waals surface area contributed by atoms with Crippen molar-refractivity contribution in [2.45, 2.75) is 26.3 Å². The molecule has 1 aliphatic rings. The van der Waals surface area contributed by atoms with Crippen LogP contribution in [-0.4, -0.2) is 22.9 Å². The second-order valence-electron chi connectivity index (χ2n) is 3.10. The molecular formula is C8H10N3O4. The zero-order chi connectivity index (χ0) is 11.6. The lowest BCUT2D eigenvalue weighted by molar-refractivity contribution is -0.511. The topological polar surface area (TPSA) is 103 Å². The van der Waals surface area contributed by atoms with E-state index in [9.17, 15) is 19.7 Å². The fraction of sp³-hybridized carbons (Fsp3) is 0.500. The fourth-order valence-electron chi connectivity index (χ4n) is 1.42. The van der Waals surface area contributed by atoms with Gasteiger partial charge in [0.05, 0.1) is 0 Å². The predicted molar refractivity (Wildman–Crippen MR) is 49.4 cm³/mol. The fourth-order valence-corrected chi connectivity index (χ4v) is 1.42. The Balaban J connectivity index is 3.10. The smallest absolute Gasteiger partial charge is 0.309 e. The molecule has 7 nitrogen and oxygen atoms in total. The van der Waals surface area contributed by atoms with E-state index in [4.69, 9.17) is 0 Å². The van der Waals surface area contributed by atoms with Crippen LogP contribution < -0.4 is 10.6 Å². The molecule has 0 fully saturated rings. The molecule has 3 amide bonds. The molecule has 0 aromatic rings. The summed E-state index contributed by atoms with van der Waals surface area (Å²) < 4.78 is 0. The number of urea groups is 1. The number of nitrogens with one attached hydrogen (secondary N) is 1. The predicted octanol–water partition coefficient (Wildman–Crippen LogP) is 0.170. The monoisotopic (exact) mass is 212 g/mol. The second kappa shape index (κ2) is 4.07. The number of imide groups is 1. The highest BCUT2D eigenvalue weighted by molar-refractivity contribution is 6.07. The second-order valence-corrected chi connectivity index (χ2v) is 3.10. The molecule has 15 heavy (non-hydrogen) atoms. The zero-order valence-corrected chi connectivity index (χ0v) is 8.31. The molecule has 1 aliphatic heterocycles. The summed E-state index contributed by atoms with van der Waals surface area (Å²) in [5, 5.41) is 16.1. The van der Waals surface area contributed by atoms with Crippen molar-refractivity contribution in [3.05, 3.63) is 21.4 Å². The molecule has 0 aromatic heterocycles. The highest BCUT2D eigenvalue weighted by Gasteiger charge is 2.36. The van der Waals surface area contributed by atoms with Crippen molar-refractivity contribution in [3.63, 3.8) is 0 Å². The van der Waals surface area contributed by atoms with Gasteiger partial charge in [-0.15, -0.1) is 0 Å². The van der Waals surface area contributed by atoms with Crippen molar-refractivity contribution < 1.29 is 14.5 Å². The summed E-state index contributed by atoms with van der Waals surface area (Å²) >= 11 is 0. The maximum Gasteiger partial charge on any atom is 0.348 e. The molecule has 0 saturated heterocycles. The van der Waals surface area contributed by atoms with Crippen LogP contribution in [0.15, 0.2) is 11.3 Å². The summed E-state index contributed by atoms with van der Waals surface area (Å²) in [4.78, 5) is 32.3. The van der Waals surface area contributed by atoms with Crippen LogP contribution in [0.2, 0.25) is 0 Å². The first-order valence-electron chi connectivity index (χ1n) is 4.38. The summed E-state index contributed by atoms with van der Waals surface area (Å²) in [5.41, 5.74) is 0.172. The van der Waals surface area contributed by atoms with Crippen molar-refractivity contribution in [1.82, 2.24) is 10.6 Å². The van der Waals surface area contributed by atoms with Crippen molar-refractivity contribution in [1.29, 1.82) is 0 Å². The number of carbonyl (C=O) groups excluding carboxylic acids is 2. The number of hydrogen-bond donors (Lipinski definition) is 1. The van der Waals surface area contributed by atoms with E-state index in [0.29, 0.717) is 0 Å². The van der Waals surface area contributed by atoms with Crippen LogP contribution in [0.4, 0.5) is 4.79 Å². The number of allylic oxidation sites excluding steroid dienone is 1. The average molecular weight is 212 g/mol. The van der Waals surface area contributed by atoms with Crippen molar-refractivity contribution >= 4 is 11.9 Å². The Labute approximate surface area is 85.7 Å². The third-order valence-corrected chi connectivity index (χ3v) is 2.11. The highest BCUT2D eigenvalue weighted by atomic mass is 16.6. The largest absolute Gasteiger partial charge is 0.348 e. The first-order chi connectivity index (χ1) is 6.97. The van der Waals surface area contributed by atoms with E-state index in [0.717, 1.165) is 0 Å². The Kier molecular flexibility index (Phi) is 3.03. The van der Waals surface area contributed by atoms with Gasteiger partial charge in [0.2, 0.25) is 6.04 Å². The van der Waals surface area contributed by atoms with Crippen LogP contribution >= 0.6 is 0 Å². The molecule has 1 radical (unpaired) electrons. The average Bonchev–Trinajstić information content (AvgIpc) is 2.09. The lowest BCUT2D eigenvalue weighted by Gasteiger charge is -2.18. The SMILES string of the molecule is CCC(C1=C(C)NC(=O)[N]C1=O)[N+](=O)[O-]. The van der Waals surface area contributed by atoms with Gasteiger partial charge in [-0.05, 0) is 6.92 Å². The molecule has 1 atom stereocenters. The van der Waals surface area contributed by atoms with Crippen molar-refractivity contribution in [3.8, 4) is 0 Å². The van der Waals surface area contributed by atoms with Gasteiger partial charge in [-0.1, -0.05) is 6.92 Å². The lowest BCUT2D eigenvalue weighted by atomic mass is 10.0. The molecule has 7 heteroatoms. The summed E-state index contributed by atoms with van der Waals surface area (Å²) in [5.74, 6) is -0.820. The van der Waals surface area contributed by atoms with Gasteiger partial charge in [0.25, 0.3) is 5.91 Å². The minimum atomic E-state index is -1.11. The van der Waals surface area contributed by atoms with E-state index >= 15 is 0 Å². The summed E-state index contributed by atoms with van der Waals surface area (Å²) in [6, 6.07) is -1.89. The standard InChI is InChI=1S/C8H10N3O4/c1-3-5(11(14)15)6-4(2)9-8(13)10-7(6)12/h5H,3H2,1-2H3,(H,9,13). The molecule has 0 aliphatic carbocycles. The van der Waals surface area contributed by atoms with E-state index < -0.39 is 22.9 Å². The van der Waals surface area contributed by atoms with Crippen LogP contribution in [0.25, 0.3) is 0 Å². The van der Waals surface area contributed by atoms with Crippen LogP contribution in [0.5, 0.6) is 0 Å². The van der Waals surface area contributed by atoms with Crippen LogP contribution in [-0.2, 0) is 4.79 Å². The highest BCUT2D eigenvalue weighted by Crippen LogP contribution is 2.16. The Morgan fingerprint density at radius 2 is 2.13 bits per heavy atom. The molecule has 1 N–H and O–H groups in total. The maximum absolute atomic E-state index is 11.3. The summed E-state index contributed by atoms with van der Waals surface area (Å²) in [6.07, 6.45) is 0.177. The van der Waals surface area contributed by atoms with Gasteiger partial charge in [-0.3, -0.25) is 14.9 Å². The van der Waals surface area contributed by atoms with E-state index in [2.05, 4.69) is 10.6 Å². The first-order valence-corrected chi connectivity index (χ1v) is 4.38. The van der Waals surface area contributed by atoms with E-state index in [-0.39, 0.29) is 17.7 Å². The molecule has 1 heterocycles.